The van der Waals surface area contributed by atoms with E-state index < -0.39 is 12.1 Å². The smallest absolute Gasteiger partial charge is 0.309 e. The Morgan fingerprint density at radius 2 is 1.97 bits per heavy atom. The third-order valence-corrected chi connectivity index (χ3v) is 6.12. The molecule has 1 saturated heterocycles. The number of carbonyl (C=O) groups excluding carboxylic acids is 3. The van der Waals surface area contributed by atoms with Crippen molar-refractivity contribution in [3.8, 4) is 0 Å². The van der Waals surface area contributed by atoms with Gasteiger partial charge < -0.3 is 15.0 Å². The summed E-state index contributed by atoms with van der Waals surface area (Å²) in [4.78, 5) is 39.8. The number of anilines is 1. The third kappa shape index (κ3) is 4.67. The second kappa shape index (κ2) is 8.77. The van der Waals surface area contributed by atoms with Gasteiger partial charge in [-0.2, -0.15) is 5.10 Å². The molecule has 2 amide bonds. The molecule has 156 valence electrons. The number of nitrogens with one attached hydrogen (secondary N) is 1. The number of carbonyl (C=O) groups is 3. The van der Waals surface area contributed by atoms with Crippen molar-refractivity contribution in [3.05, 3.63) is 33.8 Å². The molecule has 3 rings (SSSR count). The minimum atomic E-state index is -0.910. The van der Waals surface area contributed by atoms with E-state index in [0.717, 1.165) is 5.69 Å². The van der Waals surface area contributed by atoms with Gasteiger partial charge in [0.15, 0.2) is 6.10 Å². The van der Waals surface area contributed by atoms with Crippen molar-refractivity contribution in [1.29, 1.82) is 0 Å². The van der Waals surface area contributed by atoms with Crippen LogP contribution in [0.25, 0.3) is 0 Å². The highest BCUT2D eigenvalue weighted by Gasteiger charge is 2.31. The molecule has 0 spiro atoms. The number of thiophene rings is 1. The molecular weight excluding hydrogens is 392 g/mol. The summed E-state index contributed by atoms with van der Waals surface area (Å²) in [6, 6.07) is 3.66. The van der Waals surface area contributed by atoms with E-state index in [1.807, 2.05) is 25.3 Å². The number of amides is 2. The van der Waals surface area contributed by atoms with Crippen LogP contribution in [0.4, 0.5) is 5.69 Å². The molecule has 9 heteroatoms. The van der Waals surface area contributed by atoms with Crippen LogP contribution >= 0.6 is 11.3 Å². The highest BCUT2D eigenvalue weighted by molar-refractivity contribution is 7.12. The van der Waals surface area contributed by atoms with Gasteiger partial charge in [0, 0.05) is 20.1 Å². The lowest BCUT2D eigenvalue weighted by Crippen LogP contribution is -2.41. The highest BCUT2D eigenvalue weighted by Crippen LogP contribution is 2.23. The number of hydrogen-bond acceptors (Lipinski definition) is 6. The van der Waals surface area contributed by atoms with Crippen LogP contribution in [0.1, 0.15) is 40.8 Å². The Kier molecular flexibility index (Phi) is 6.36. The van der Waals surface area contributed by atoms with E-state index in [2.05, 4.69) is 10.4 Å². The molecule has 1 atom stereocenters. The summed E-state index contributed by atoms with van der Waals surface area (Å²) in [6.45, 7) is 6.24. The van der Waals surface area contributed by atoms with E-state index in [1.165, 1.54) is 11.3 Å². The summed E-state index contributed by atoms with van der Waals surface area (Å²) in [7, 11) is 1.80. The van der Waals surface area contributed by atoms with Crippen molar-refractivity contribution in [2.24, 2.45) is 13.0 Å². The van der Waals surface area contributed by atoms with E-state index in [-0.39, 0.29) is 17.7 Å². The van der Waals surface area contributed by atoms with Crippen LogP contribution in [0.3, 0.4) is 0 Å². The van der Waals surface area contributed by atoms with Gasteiger partial charge in [-0.15, -0.1) is 11.3 Å². The molecule has 29 heavy (non-hydrogen) atoms. The lowest BCUT2D eigenvalue weighted by molar-refractivity contribution is -0.158. The van der Waals surface area contributed by atoms with Crippen LogP contribution in [-0.4, -0.2) is 51.7 Å². The maximum absolute atomic E-state index is 12.5. The minimum absolute atomic E-state index is 0.00164. The number of aromatic nitrogens is 2. The van der Waals surface area contributed by atoms with Crippen molar-refractivity contribution in [2.45, 2.75) is 39.7 Å². The van der Waals surface area contributed by atoms with Crippen LogP contribution < -0.4 is 5.32 Å². The number of aryl methyl sites for hydroxylation is 2. The molecule has 1 fully saturated rings. The van der Waals surface area contributed by atoms with Crippen molar-refractivity contribution in [2.75, 3.05) is 18.4 Å². The number of piperidine rings is 1. The van der Waals surface area contributed by atoms with Gasteiger partial charge in [0.2, 0.25) is 0 Å². The molecular formula is C20H26N4O4S. The first kappa shape index (κ1) is 21.0. The quantitative estimate of drug-likeness (QED) is 0.753. The summed E-state index contributed by atoms with van der Waals surface area (Å²) < 4.78 is 7.09. The average molecular weight is 419 g/mol. The van der Waals surface area contributed by atoms with E-state index >= 15 is 0 Å². The SMILES string of the molecule is Cc1nn(C)c(C)c1NC(=O)[C@H](C)OC(=O)C1CCN(C(=O)c2cccs2)CC1. The van der Waals surface area contributed by atoms with Gasteiger partial charge in [-0.05, 0) is 45.1 Å². The van der Waals surface area contributed by atoms with Gasteiger partial charge in [-0.1, -0.05) is 6.07 Å². The standard InChI is InChI=1S/C20H26N4O4S/c1-12-17(13(2)23(4)22-12)21-18(25)14(3)28-20(27)15-7-9-24(10-8-15)19(26)16-6-5-11-29-16/h5-6,11,14-15H,7-10H2,1-4H3,(H,21,25)/t14-/m0/s1. The Morgan fingerprint density at radius 1 is 1.28 bits per heavy atom. The van der Waals surface area contributed by atoms with E-state index in [1.54, 1.807) is 29.6 Å². The van der Waals surface area contributed by atoms with Crippen LogP contribution in [0, 0.1) is 19.8 Å². The molecule has 0 saturated carbocycles. The van der Waals surface area contributed by atoms with Crippen molar-refractivity contribution in [1.82, 2.24) is 14.7 Å². The Hall–Kier alpha value is -2.68. The summed E-state index contributed by atoms with van der Waals surface area (Å²) >= 11 is 1.41. The predicted octanol–water partition coefficient (Wildman–Crippen LogP) is 2.52. The van der Waals surface area contributed by atoms with Crippen LogP contribution in [0.15, 0.2) is 17.5 Å². The van der Waals surface area contributed by atoms with Crippen molar-refractivity contribution in [3.63, 3.8) is 0 Å². The lowest BCUT2D eigenvalue weighted by atomic mass is 9.97. The maximum Gasteiger partial charge on any atom is 0.309 e. The first-order chi connectivity index (χ1) is 13.8. The second-order valence-electron chi connectivity index (χ2n) is 7.28. The fourth-order valence-corrected chi connectivity index (χ4v) is 4.07. The van der Waals surface area contributed by atoms with Crippen LogP contribution in [0.5, 0.6) is 0 Å². The number of nitrogens with zero attached hydrogens (tertiary/aromatic N) is 3. The molecule has 2 aromatic rings. The molecule has 1 aliphatic rings. The second-order valence-corrected chi connectivity index (χ2v) is 8.23. The summed E-state index contributed by atoms with van der Waals surface area (Å²) in [5, 5.41) is 8.93. The van der Waals surface area contributed by atoms with Gasteiger partial charge in [0.05, 0.1) is 27.9 Å². The molecule has 0 aromatic carbocycles. The topological polar surface area (TPSA) is 93.5 Å². The molecule has 0 unspecified atom stereocenters. The zero-order valence-electron chi connectivity index (χ0n) is 17.1. The minimum Gasteiger partial charge on any atom is -0.452 e. The molecule has 2 aromatic heterocycles. The first-order valence-corrected chi connectivity index (χ1v) is 10.5. The molecule has 0 aliphatic carbocycles. The monoisotopic (exact) mass is 418 g/mol. The van der Waals surface area contributed by atoms with Gasteiger partial charge in [-0.3, -0.25) is 19.1 Å². The van der Waals surface area contributed by atoms with Gasteiger partial charge in [-0.25, -0.2) is 0 Å². The third-order valence-electron chi connectivity index (χ3n) is 5.27. The highest BCUT2D eigenvalue weighted by atomic mass is 32.1. The van der Waals surface area contributed by atoms with Crippen molar-refractivity contribution >= 4 is 34.8 Å². The van der Waals surface area contributed by atoms with Gasteiger partial charge in [0.25, 0.3) is 11.8 Å². The zero-order valence-corrected chi connectivity index (χ0v) is 17.9. The Bertz CT molecular complexity index is 898. The van der Waals surface area contributed by atoms with Crippen LogP contribution in [0.2, 0.25) is 0 Å². The van der Waals surface area contributed by atoms with Crippen LogP contribution in [-0.2, 0) is 21.4 Å². The van der Waals surface area contributed by atoms with E-state index in [4.69, 9.17) is 4.74 Å². The molecule has 0 radical (unpaired) electrons. The number of hydrogen-bond donors (Lipinski definition) is 1. The largest absolute Gasteiger partial charge is 0.452 e. The number of esters is 1. The Morgan fingerprint density at radius 3 is 2.52 bits per heavy atom. The first-order valence-electron chi connectivity index (χ1n) is 9.62. The predicted molar refractivity (Wildman–Crippen MR) is 110 cm³/mol. The molecule has 0 bridgehead atoms. The summed E-state index contributed by atoms with van der Waals surface area (Å²) in [6.07, 6.45) is 0.156. The van der Waals surface area contributed by atoms with Crippen molar-refractivity contribution < 1.29 is 19.1 Å². The normalized spacial score (nSPS) is 15.8. The fourth-order valence-electron chi connectivity index (χ4n) is 3.38. The average Bonchev–Trinajstić information content (AvgIpc) is 3.32. The number of rotatable bonds is 5. The fraction of sp³-hybridized carbons (Fsp3) is 0.500. The summed E-state index contributed by atoms with van der Waals surface area (Å²) in [5.41, 5.74) is 2.18. The molecule has 3 heterocycles. The van der Waals surface area contributed by atoms with Gasteiger partial charge in [0.1, 0.15) is 0 Å². The Balaban J connectivity index is 1.50. The van der Waals surface area contributed by atoms with Gasteiger partial charge >= 0.3 is 5.97 Å². The zero-order chi connectivity index (χ0) is 21.1. The lowest BCUT2D eigenvalue weighted by Gasteiger charge is -2.31. The number of ether oxygens (including phenoxy) is 1. The molecule has 1 N–H and O–H groups in total. The Labute approximate surface area is 173 Å². The summed E-state index contributed by atoms with van der Waals surface area (Å²) in [5.74, 6) is -1.08. The maximum atomic E-state index is 12.5. The molecule has 1 aliphatic heterocycles. The number of likely N-dealkylation sites (tertiary alicyclic amines) is 1. The molecule has 8 nitrogen and oxygen atoms in total. The van der Waals surface area contributed by atoms with E-state index in [0.29, 0.717) is 42.2 Å². The van der Waals surface area contributed by atoms with E-state index in [9.17, 15) is 14.4 Å².